The highest BCUT2D eigenvalue weighted by Crippen LogP contribution is 2.37. The Kier molecular flexibility index (Phi) is 5.63. The first-order chi connectivity index (χ1) is 8.94. The molecule has 0 unspecified atom stereocenters. The number of aliphatic carboxylic acids is 1. The molecule has 1 aliphatic heterocycles. The van der Waals surface area contributed by atoms with Crippen LogP contribution >= 0.6 is 0 Å². The first kappa shape index (κ1) is 15.8. The number of likely N-dealkylation sites (tertiary alicyclic amines) is 1. The molecule has 2 amide bonds. The third kappa shape index (κ3) is 4.11. The van der Waals surface area contributed by atoms with Crippen molar-refractivity contribution in [2.45, 2.75) is 46.0 Å². The van der Waals surface area contributed by atoms with Gasteiger partial charge in [0.05, 0.1) is 0 Å². The van der Waals surface area contributed by atoms with Gasteiger partial charge < -0.3 is 14.9 Å². The Morgan fingerprint density at radius 1 is 1.32 bits per heavy atom. The van der Waals surface area contributed by atoms with E-state index in [4.69, 9.17) is 5.11 Å². The van der Waals surface area contributed by atoms with E-state index in [0.29, 0.717) is 13.0 Å². The summed E-state index contributed by atoms with van der Waals surface area (Å²) in [6, 6.07) is 0.0363. The minimum absolute atomic E-state index is 0.0363. The molecule has 1 fully saturated rings. The number of nitrogens with zero attached hydrogens (tertiary/aromatic N) is 2. The average molecular weight is 270 g/mol. The Hall–Kier alpha value is -1.26. The minimum Gasteiger partial charge on any atom is -0.481 e. The average Bonchev–Trinajstić information content (AvgIpc) is 2.82. The summed E-state index contributed by atoms with van der Waals surface area (Å²) in [5.41, 5.74) is 0.289. The van der Waals surface area contributed by atoms with E-state index in [1.165, 1.54) is 0 Å². The third-order valence-electron chi connectivity index (χ3n) is 4.42. The summed E-state index contributed by atoms with van der Waals surface area (Å²) < 4.78 is 0. The predicted octanol–water partition coefficient (Wildman–Crippen LogP) is 2.42. The fourth-order valence-electron chi connectivity index (χ4n) is 2.73. The van der Waals surface area contributed by atoms with Gasteiger partial charge in [-0.15, -0.1) is 0 Å². The zero-order valence-corrected chi connectivity index (χ0v) is 12.3. The normalized spacial score (nSPS) is 17.5. The molecule has 0 aromatic carbocycles. The van der Waals surface area contributed by atoms with E-state index in [1.54, 1.807) is 11.9 Å². The van der Waals surface area contributed by atoms with Gasteiger partial charge in [0.25, 0.3) is 0 Å². The molecule has 0 atom stereocenters. The molecule has 1 rings (SSSR count). The third-order valence-corrected chi connectivity index (χ3v) is 4.42. The molecule has 0 saturated carbocycles. The van der Waals surface area contributed by atoms with E-state index in [1.807, 2.05) is 4.90 Å². The number of urea groups is 1. The topological polar surface area (TPSA) is 60.9 Å². The van der Waals surface area contributed by atoms with Gasteiger partial charge in [-0.1, -0.05) is 13.8 Å². The molecular weight excluding hydrogens is 244 g/mol. The second-order valence-electron chi connectivity index (χ2n) is 5.58. The maximum Gasteiger partial charge on any atom is 0.319 e. The van der Waals surface area contributed by atoms with Crippen LogP contribution < -0.4 is 0 Å². The van der Waals surface area contributed by atoms with Crippen molar-refractivity contribution in [3.63, 3.8) is 0 Å². The molecule has 0 radical (unpaired) electrons. The molecule has 1 N–H and O–H groups in total. The second kappa shape index (κ2) is 6.78. The lowest BCUT2D eigenvalue weighted by Gasteiger charge is -2.28. The van der Waals surface area contributed by atoms with Crippen LogP contribution in [-0.4, -0.2) is 53.6 Å². The quantitative estimate of drug-likeness (QED) is 0.806. The molecule has 5 heteroatoms. The first-order valence-electron chi connectivity index (χ1n) is 7.16. The van der Waals surface area contributed by atoms with Crippen LogP contribution in [0.25, 0.3) is 0 Å². The predicted molar refractivity (Wildman–Crippen MR) is 74.1 cm³/mol. The summed E-state index contributed by atoms with van der Waals surface area (Å²) in [5.74, 6) is -0.807. The summed E-state index contributed by atoms with van der Waals surface area (Å²) >= 11 is 0. The number of hydrogen-bond donors (Lipinski definition) is 1. The maximum atomic E-state index is 12.2. The van der Waals surface area contributed by atoms with Crippen LogP contribution in [0.3, 0.4) is 0 Å². The molecule has 0 aromatic heterocycles. The lowest BCUT2D eigenvalue weighted by atomic mass is 9.82. The summed E-state index contributed by atoms with van der Waals surface area (Å²) in [6.45, 7) is 6.54. The van der Waals surface area contributed by atoms with Crippen molar-refractivity contribution < 1.29 is 14.7 Å². The van der Waals surface area contributed by atoms with Crippen LogP contribution in [-0.2, 0) is 4.79 Å². The van der Waals surface area contributed by atoms with Crippen LogP contribution in [0.5, 0.6) is 0 Å². The van der Waals surface area contributed by atoms with E-state index in [2.05, 4.69) is 13.8 Å². The van der Waals surface area contributed by atoms with E-state index < -0.39 is 5.97 Å². The molecule has 19 heavy (non-hydrogen) atoms. The van der Waals surface area contributed by atoms with Crippen molar-refractivity contribution in [3.05, 3.63) is 0 Å². The first-order valence-corrected chi connectivity index (χ1v) is 7.16. The molecule has 0 spiro atoms. The van der Waals surface area contributed by atoms with Crippen molar-refractivity contribution in [1.82, 2.24) is 9.80 Å². The van der Waals surface area contributed by atoms with Crippen LogP contribution in [0, 0.1) is 5.41 Å². The lowest BCUT2D eigenvalue weighted by molar-refractivity contribution is -0.137. The van der Waals surface area contributed by atoms with Crippen LogP contribution in [0.4, 0.5) is 4.79 Å². The van der Waals surface area contributed by atoms with Gasteiger partial charge in [-0.05, 0) is 31.1 Å². The van der Waals surface area contributed by atoms with Crippen molar-refractivity contribution in [1.29, 1.82) is 0 Å². The molecule has 1 saturated heterocycles. The minimum atomic E-state index is -0.807. The molecule has 1 heterocycles. The Balaban J connectivity index is 2.43. The highest BCUT2D eigenvalue weighted by atomic mass is 16.4. The SMILES string of the molecule is CCC1(CC)CCN(C(=O)N(C)CCCC(=O)O)C1. The van der Waals surface area contributed by atoms with Gasteiger partial charge >= 0.3 is 12.0 Å². The second-order valence-corrected chi connectivity index (χ2v) is 5.58. The summed E-state index contributed by atoms with van der Waals surface area (Å²) in [4.78, 5) is 26.3. The number of carbonyl (C=O) groups excluding carboxylic acids is 1. The molecule has 0 aromatic rings. The molecule has 0 bridgehead atoms. The number of carboxylic acid groups (broad SMARTS) is 1. The van der Waals surface area contributed by atoms with E-state index in [-0.39, 0.29) is 17.9 Å². The molecule has 110 valence electrons. The number of rotatable bonds is 6. The number of hydrogen-bond acceptors (Lipinski definition) is 2. The summed E-state index contributed by atoms with van der Waals surface area (Å²) in [7, 11) is 1.75. The highest BCUT2D eigenvalue weighted by molar-refractivity contribution is 5.74. The van der Waals surface area contributed by atoms with E-state index >= 15 is 0 Å². The Morgan fingerprint density at radius 3 is 2.42 bits per heavy atom. The summed E-state index contributed by atoms with van der Waals surface area (Å²) in [5, 5.41) is 8.60. The van der Waals surface area contributed by atoms with Crippen LogP contribution in [0.1, 0.15) is 46.0 Å². The fraction of sp³-hybridized carbons (Fsp3) is 0.857. The fourth-order valence-corrected chi connectivity index (χ4v) is 2.73. The van der Waals surface area contributed by atoms with Gasteiger partial charge in [-0.3, -0.25) is 4.79 Å². The van der Waals surface area contributed by atoms with Crippen molar-refractivity contribution in [2.75, 3.05) is 26.7 Å². The Morgan fingerprint density at radius 2 is 1.95 bits per heavy atom. The van der Waals surface area contributed by atoms with Crippen LogP contribution in [0.2, 0.25) is 0 Å². The number of carboxylic acids is 1. The van der Waals surface area contributed by atoms with Crippen molar-refractivity contribution >= 4 is 12.0 Å². The smallest absolute Gasteiger partial charge is 0.319 e. The van der Waals surface area contributed by atoms with Crippen molar-refractivity contribution in [3.8, 4) is 0 Å². The largest absolute Gasteiger partial charge is 0.481 e. The van der Waals surface area contributed by atoms with Gasteiger partial charge in [0.2, 0.25) is 0 Å². The zero-order valence-electron chi connectivity index (χ0n) is 12.3. The van der Waals surface area contributed by atoms with Gasteiger partial charge in [-0.2, -0.15) is 0 Å². The summed E-state index contributed by atoms with van der Waals surface area (Å²) in [6.07, 6.45) is 3.92. The van der Waals surface area contributed by atoms with Gasteiger partial charge in [-0.25, -0.2) is 4.79 Å². The van der Waals surface area contributed by atoms with E-state index in [9.17, 15) is 9.59 Å². The highest BCUT2D eigenvalue weighted by Gasteiger charge is 2.37. The molecule has 5 nitrogen and oxygen atoms in total. The van der Waals surface area contributed by atoms with Gasteiger partial charge in [0.15, 0.2) is 0 Å². The van der Waals surface area contributed by atoms with Crippen LogP contribution in [0.15, 0.2) is 0 Å². The molecule has 0 aliphatic carbocycles. The maximum absolute atomic E-state index is 12.2. The monoisotopic (exact) mass is 270 g/mol. The standard InChI is InChI=1S/C14H26N2O3/c1-4-14(5-2)8-10-16(11-14)13(19)15(3)9-6-7-12(17)18/h4-11H2,1-3H3,(H,17,18). The zero-order chi connectivity index (χ0) is 14.5. The number of carbonyl (C=O) groups is 2. The van der Waals surface area contributed by atoms with Gasteiger partial charge in [0.1, 0.15) is 0 Å². The molecule has 1 aliphatic rings. The number of amides is 2. The van der Waals surface area contributed by atoms with E-state index in [0.717, 1.165) is 32.4 Å². The van der Waals surface area contributed by atoms with Gasteiger partial charge in [0, 0.05) is 33.1 Å². The Bertz CT molecular complexity index is 327. The lowest BCUT2D eigenvalue weighted by Crippen LogP contribution is -2.41. The Labute approximate surface area is 115 Å². The van der Waals surface area contributed by atoms with Crippen molar-refractivity contribution in [2.24, 2.45) is 5.41 Å². The molecular formula is C14H26N2O3.